The maximum Gasteiger partial charge on any atom is 0.191 e. The first-order valence-electron chi connectivity index (χ1n) is 9.00. The first kappa shape index (κ1) is 20.8. The second-order valence-corrected chi connectivity index (χ2v) is 7.13. The van der Waals surface area contributed by atoms with Crippen molar-refractivity contribution in [3.63, 3.8) is 0 Å². The fourth-order valence-corrected chi connectivity index (χ4v) is 3.38. The van der Waals surface area contributed by atoms with Gasteiger partial charge in [0, 0.05) is 36.9 Å². The van der Waals surface area contributed by atoms with Crippen molar-refractivity contribution in [1.29, 1.82) is 0 Å². The van der Waals surface area contributed by atoms with E-state index in [1.807, 2.05) is 17.8 Å². The van der Waals surface area contributed by atoms with E-state index in [1.165, 1.54) is 4.90 Å². The molecule has 0 amide bonds. The van der Waals surface area contributed by atoms with E-state index in [9.17, 15) is 5.11 Å². The number of hydrogen-bond donors (Lipinski definition) is 3. The van der Waals surface area contributed by atoms with Crippen LogP contribution in [0.4, 0.5) is 0 Å². The summed E-state index contributed by atoms with van der Waals surface area (Å²) in [7, 11) is 0. The summed E-state index contributed by atoms with van der Waals surface area (Å²) in [6, 6.07) is 10.4. The van der Waals surface area contributed by atoms with Gasteiger partial charge < -0.3 is 15.7 Å². The molecule has 0 spiro atoms. The van der Waals surface area contributed by atoms with Crippen LogP contribution < -0.4 is 10.6 Å². The number of hydrogen-bond acceptors (Lipinski definition) is 3. The molecule has 1 aromatic carbocycles. The van der Waals surface area contributed by atoms with Gasteiger partial charge in [-0.1, -0.05) is 32.0 Å². The summed E-state index contributed by atoms with van der Waals surface area (Å²) in [5, 5.41) is 16.1. The van der Waals surface area contributed by atoms with Gasteiger partial charge in [0.25, 0.3) is 0 Å². The maximum atomic E-state index is 9.33. The minimum atomic E-state index is 0.107. The first-order valence-corrected chi connectivity index (χ1v) is 9.99. The van der Waals surface area contributed by atoms with Crippen LogP contribution in [-0.2, 0) is 0 Å². The summed E-state index contributed by atoms with van der Waals surface area (Å²) in [5.74, 6) is 1.87. The molecule has 24 heavy (non-hydrogen) atoms. The van der Waals surface area contributed by atoms with Crippen LogP contribution in [0.2, 0.25) is 0 Å². The number of guanidine groups is 1. The van der Waals surface area contributed by atoms with Gasteiger partial charge in [0.1, 0.15) is 0 Å². The normalized spacial score (nSPS) is 12.2. The summed E-state index contributed by atoms with van der Waals surface area (Å²) < 4.78 is 0. The van der Waals surface area contributed by atoms with E-state index in [4.69, 9.17) is 4.99 Å². The largest absolute Gasteiger partial charge is 0.396 e. The molecule has 0 fully saturated rings. The first-order chi connectivity index (χ1) is 11.7. The minimum Gasteiger partial charge on any atom is -0.396 e. The monoisotopic (exact) mass is 351 g/mol. The third-order valence-corrected chi connectivity index (χ3v) is 5.48. The molecule has 0 bridgehead atoms. The zero-order chi connectivity index (χ0) is 17.7. The Bertz CT molecular complexity index is 461. The molecule has 3 N–H and O–H groups in total. The molecule has 0 aliphatic heterocycles. The van der Waals surface area contributed by atoms with Crippen LogP contribution in [-0.4, -0.2) is 43.1 Å². The maximum absolute atomic E-state index is 9.33. The average Bonchev–Trinajstić information content (AvgIpc) is 2.63. The zero-order valence-corrected chi connectivity index (χ0v) is 16.2. The third kappa shape index (κ3) is 7.58. The fourth-order valence-electron chi connectivity index (χ4n) is 2.59. The molecule has 4 nitrogen and oxygen atoms in total. The van der Waals surface area contributed by atoms with Crippen molar-refractivity contribution in [2.75, 3.05) is 32.0 Å². The van der Waals surface area contributed by atoms with E-state index in [2.05, 4.69) is 55.7 Å². The van der Waals surface area contributed by atoms with Gasteiger partial charge in [-0.25, -0.2) is 0 Å². The smallest absolute Gasteiger partial charge is 0.191 e. The number of thioether (sulfide) groups is 1. The van der Waals surface area contributed by atoms with Gasteiger partial charge in [-0.15, -0.1) is 11.8 Å². The van der Waals surface area contributed by atoms with Crippen LogP contribution in [0.1, 0.15) is 40.0 Å². The van der Waals surface area contributed by atoms with E-state index < -0.39 is 0 Å². The Morgan fingerprint density at radius 3 is 2.42 bits per heavy atom. The van der Waals surface area contributed by atoms with Gasteiger partial charge in [0.15, 0.2) is 5.96 Å². The second kappa shape index (κ2) is 12.2. The van der Waals surface area contributed by atoms with Crippen molar-refractivity contribution in [1.82, 2.24) is 10.6 Å². The van der Waals surface area contributed by atoms with Crippen LogP contribution in [0.3, 0.4) is 0 Å². The molecule has 136 valence electrons. The van der Waals surface area contributed by atoms with Gasteiger partial charge in [-0.05, 0) is 43.7 Å². The number of aliphatic imine (C=N–C) groups is 1. The van der Waals surface area contributed by atoms with Crippen LogP contribution >= 0.6 is 11.8 Å². The Balaban J connectivity index is 2.49. The number of aliphatic hydroxyl groups excluding tert-OH is 1. The molecule has 0 saturated carbocycles. The lowest BCUT2D eigenvalue weighted by Crippen LogP contribution is -2.39. The molecule has 0 atom stereocenters. The molecule has 5 heteroatoms. The standard InChI is InChI=1S/C19H33N3OS/c1-4-19(5-2,12-14-23)16-22-18(20-6-3)21-13-15-24-17-10-8-7-9-11-17/h7-11,23H,4-6,12-16H2,1-3H3,(H2,20,21,22). The number of nitrogens with zero attached hydrogens (tertiary/aromatic N) is 1. The van der Waals surface area contributed by atoms with Crippen LogP contribution in [0, 0.1) is 5.41 Å². The molecule has 1 aromatic rings. The van der Waals surface area contributed by atoms with E-state index in [1.54, 1.807) is 0 Å². The number of nitrogens with one attached hydrogen (secondary N) is 2. The fraction of sp³-hybridized carbons (Fsp3) is 0.632. The summed E-state index contributed by atoms with van der Waals surface area (Å²) in [4.78, 5) is 6.06. The Labute approximate surface area is 151 Å². The molecule has 0 unspecified atom stereocenters. The highest BCUT2D eigenvalue weighted by Crippen LogP contribution is 2.30. The SMILES string of the molecule is CCNC(=NCC(CC)(CC)CCO)NCCSc1ccccc1. The predicted octanol–water partition coefficient (Wildman–Crippen LogP) is 3.52. The van der Waals surface area contributed by atoms with Crippen molar-refractivity contribution in [3.05, 3.63) is 30.3 Å². The molecule has 0 heterocycles. The molecule has 0 aliphatic rings. The lowest BCUT2D eigenvalue weighted by Gasteiger charge is -2.29. The zero-order valence-electron chi connectivity index (χ0n) is 15.3. The second-order valence-electron chi connectivity index (χ2n) is 5.96. The summed E-state index contributed by atoms with van der Waals surface area (Å²) in [6.45, 7) is 9.16. The lowest BCUT2D eigenvalue weighted by atomic mass is 9.79. The number of aliphatic hydroxyl groups is 1. The van der Waals surface area contributed by atoms with Crippen molar-refractivity contribution in [3.8, 4) is 0 Å². The molecule has 0 radical (unpaired) electrons. The highest BCUT2D eigenvalue weighted by atomic mass is 32.2. The topological polar surface area (TPSA) is 56.7 Å². The summed E-state index contributed by atoms with van der Waals surface area (Å²) in [5.41, 5.74) is 0.107. The van der Waals surface area contributed by atoms with Crippen LogP contribution in [0.5, 0.6) is 0 Å². The average molecular weight is 352 g/mol. The molecular formula is C19H33N3OS. The lowest BCUT2D eigenvalue weighted by molar-refractivity contribution is 0.175. The Morgan fingerprint density at radius 2 is 1.83 bits per heavy atom. The van der Waals surface area contributed by atoms with Crippen LogP contribution in [0.15, 0.2) is 40.2 Å². The Morgan fingerprint density at radius 1 is 1.12 bits per heavy atom. The number of rotatable bonds is 11. The van der Waals surface area contributed by atoms with Gasteiger partial charge in [-0.3, -0.25) is 4.99 Å². The Kier molecular flexibility index (Phi) is 10.6. The van der Waals surface area contributed by atoms with Crippen molar-refractivity contribution < 1.29 is 5.11 Å². The minimum absolute atomic E-state index is 0.107. The third-order valence-electron chi connectivity index (χ3n) is 4.47. The molecule has 0 aromatic heterocycles. The van der Waals surface area contributed by atoms with E-state index in [-0.39, 0.29) is 12.0 Å². The molecule has 0 aliphatic carbocycles. The van der Waals surface area contributed by atoms with Gasteiger partial charge in [-0.2, -0.15) is 0 Å². The van der Waals surface area contributed by atoms with E-state index in [0.29, 0.717) is 0 Å². The predicted molar refractivity (Wildman–Crippen MR) is 106 cm³/mol. The van der Waals surface area contributed by atoms with Crippen molar-refractivity contribution in [2.45, 2.75) is 44.9 Å². The highest BCUT2D eigenvalue weighted by molar-refractivity contribution is 7.99. The molecule has 0 saturated heterocycles. The van der Waals surface area contributed by atoms with Gasteiger partial charge >= 0.3 is 0 Å². The highest BCUT2D eigenvalue weighted by Gasteiger charge is 2.25. The van der Waals surface area contributed by atoms with E-state index in [0.717, 1.165) is 50.6 Å². The quantitative estimate of drug-likeness (QED) is 0.247. The summed E-state index contributed by atoms with van der Waals surface area (Å²) >= 11 is 1.84. The number of benzene rings is 1. The van der Waals surface area contributed by atoms with Crippen LogP contribution in [0.25, 0.3) is 0 Å². The Hall–Kier alpha value is -1.20. The molecule has 1 rings (SSSR count). The molecular weight excluding hydrogens is 318 g/mol. The van der Waals surface area contributed by atoms with Gasteiger partial charge in [0.05, 0.1) is 0 Å². The summed E-state index contributed by atoms with van der Waals surface area (Å²) in [6.07, 6.45) is 2.89. The van der Waals surface area contributed by atoms with Gasteiger partial charge in [0.2, 0.25) is 0 Å². The van der Waals surface area contributed by atoms with E-state index >= 15 is 0 Å². The van der Waals surface area contributed by atoms with Crippen molar-refractivity contribution >= 4 is 17.7 Å². The van der Waals surface area contributed by atoms with Crippen molar-refractivity contribution in [2.24, 2.45) is 10.4 Å².